The Morgan fingerprint density at radius 3 is 2.23 bits per heavy atom. The van der Waals surface area contributed by atoms with E-state index in [9.17, 15) is 9.90 Å². The summed E-state index contributed by atoms with van der Waals surface area (Å²) in [4.78, 5) is 10.5. The number of hydrogen-bond acceptors (Lipinski definition) is 2. The number of carbonyl (C=O) groups is 1. The Morgan fingerprint density at radius 2 is 1.85 bits per heavy atom. The van der Waals surface area contributed by atoms with E-state index in [1.807, 2.05) is 0 Å². The van der Waals surface area contributed by atoms with E-state index >= 15 is 0 Å². The van der Waals surface area contributed by atoms with Crippen molar-refractivity contribution in [3.8, 4) is 0 Å². The molecule has 13 heavy (non-hydrogen) atoms. The van der Waals surface area contributed by atoms with Crippen LogP contribution >= 0.6 is 0 Å². The maximum Gasteiger partial charge on any atom is 1.00 e. The standard InChI is InChI=1S/C10H18O2.Na/c1-2-3-8-4-6-9(7-5-8)10(11)12;/h8-9H,2-7H2,1H3,(H,11,12);/q;+1/p-1. The van der Waals surface area contributed by atoms with Crippen LogP contribution in [0.2, 0.25) is 0 Å². The summed E-state index contributed by atoms with van der Waals surface area (Å²) in [5, 5.41) is 10.5. The second-order valence-electron chi connectivity index (χ2n) is 3.83. The molecule has 0 spiro atoms. The normalized spacial score (nSPS) is 27.8. The molecule has 0 N–H and O–H groups in total. The average Bonchev–Trinajstić information content (AvgIpc) is 2.06. The van der Waals surface area contributed by atoms with Gasteiger partial charge in [-0.25, -0.2) is 0 Å². The minimum atomic E-state index is -0.843. The zero-order chi connectivity index (χ0) is 8.97. The number of carbonyl (C=O) groups excluding carboxylic acids is 1. The first-order chi connectivity index (χ1) is 5.74. The van der Waals surface area contributed by atoms with E-state index in [1.54, 1.807) is 0 Å². The third kappa shape index (κ3) is 4.48. The Morgan fingerprint density at radius 1 is 1.31 bits per heavy atom. The molecule has 0 radical (unpaired) electrons. The number of carboxylic acid groups (broad SMARTS) is 1. The van der Waals surface area contributed by atoms with Gasteiger partial charge in [0.1, 0.15) is 0 Å². The molecule has 1 fully saturated rings. The summed E-state index contributed by atoms with van der Waals surface area (Å²) in [5.74, 6) is -0.214. The summed E-state index contributed by atoms with van der Waals surface area (Å²) in [7, 11) is 0. The van der Waals surface area contributed by atoms with Crippen molar-refractivity contribution in [3.63, 3.8) is 0 Å². The van der Waals surface area contributed by atoms with Gasteiger partial charge < -0.3 is 9.90 Å². The monoisotopic (exact) mass is 192 g/mol. The maximum absolute atomic E-state index is 10.5. The van der Waals surface area contributed by atoms with Crippen LogP contribution in [0.1, 0.15) is 45.4 Å². The molecule has 0 amide bonds. The van der Waals surface area contributed by atoms with Crippen LogP contribution in [0.25, 0.3) is 0 Å². The summed E-state index contributed by atoms with van der Waals surface area (Å²) in [6, 6.07) is 0. The molecule has 0 bridgehead atoms. The van der Waals surface area contributed by atoms with Crippen LogP contribution in [-0.4, -0.2) is 5.97 Å². The van der Waals surface area contributed by atoms with E-state index in [0.29, 0.717) is 0 Å². The van der Waals surface area contributed by atoms with Gasteiger partial charge in [-0.3, -0.25) is 0 Å². The Kier molecular flexibility index (Phi) is 7.10. The molecule has 0 saturated heterocycles. The zero-order valence-electron chi connectivity index (χ0n) is 8.71. The van der Waals surface area contributed by atoms with Gasteiger partial charge >= 0.3 is 29.6 Å². The summed E-state index contributed by atoms with van der Waals surface area (Å²) in [6.07, 6.45) is 6.35. The molecule has 0 heterocycles. The summed E-state index contributed by atoms with van der Waals surface area (Å²) in [5.41, 5.74) is 0. The van der Waals surface area contributed by atoms with E-state index in [1.165, 1.54) is 12.8 Å². The minimum Gasteiger partial charge on any atom is -0.550 e. The van der Waals surface area contributed by atoms with Crippen molar-refractivity contribution < 1.29 is 39.5 Å². The largest absolute Gasteiger partial charge is 1.00 e. The quantitative estimate of drug-likeness (QED) is 0.502. The van der Waals surface area contributed by atoms with Crippen LogP contribution in [0.5, 0.6) is 0 Å². The van der Waals surface area contributed by atoms with Crippen molar-refractivity contribution in [1.29, 1.82) is 0 Å². The van der Waals surface area contributed by atoms with Gasteiger partial charge in [0.25, 0.3) is 0 Å². The van der Waals surface area contributed by atoms with Crippen molar-refractivity contribution in [2.45, 2.75) is 45.4 Å². The predicted molar refractivity (Wildman–Crippen MR) is 45.4 cm³/mol. The molecule has 1 aliphatic carbocycles. The molecule has 1 aliphatic rings. The Bertz CT molecular complexity index is 151. The van der Waals surface area contributed by atoms with Gasteiger partial charge in [0.2, 0.25) is 0 Å². The van der Waals surface area contributed by atoms with Crippen LogP contribution in [0.15, 0.2) is 0 Å². The third-order valence-corrected chi connectivity index (χ3v) is 2.88. The van der Waals surface area contributed by atoms with Gasteiger partial charge in [-0.15, -0.1) is 0 Å². The van der Waals surface area contributed by atoms with Gasteiger partial charge in [-0.1, -0.05) is 19.8 Å². The molecule has 0 aliphatic heterocycles. The van der Waals surface area contributed by atoms with Gasteiger partial charge in [0.05, 0.1) is 0 Å². The molecule has 0 aromatic carbocycles. The van der Waals surface area contributed by atoms with Crippen LogP contribution < -0.4 is 34.7 Å². The topological polar surface area (TPSA) is 40.1 Å². The predicted octanol–water partition coefficient (Wildman–Crippen LogP) is -1.65. The smallest absolute Gasteiger partial charge is 0.550 e. The average molecular weight is 192 g/mol. The Hall–Kier alpha value is 0.470. The maximum atomic E-state index is 10.5. The number of carboxylic acids is 1. The zero-order valence-corrected chi connectivity index (χ0v) is 10.7. The number of rotatable bonds is 3. The Balaban J connectivity index is 0.00000144. The molecule has 0 aromatic heterocycles. The van der Waals surface area contributed by atoms with Gasteiger partial charge in [-0.2, -0.15) is 0 Å². The Labute approximate surface area is 102 Å². The fourth-order valence-corrected chi connectivity index (χ4v) is 2.10. The van der Waals surface area contributed by atoms with Crippen molar-refractivity contribution in [3.05, 3.63) is 0 Å². The van der Waals surface area contributed by atoms with E-state index in [0.717, 1.165) is 31.6 Å². The molecule has 3 heteroatoms. The molecule has 1 saturated carbocycles. The SMILES string of the molecule is CCCC1CCC(C(=O)[O-])CC1.[Na+]. The number of hydrogen-bond donors (Lipinski definition) is 0. The minimum absolute atomic E-state index is 0. The fraction of sp³-hybridized carbons (Fsp3) is 0.900. The first kappa shape index (κ1) is 13.5. The molecule has 0 atom stereocenters. The van der Waals surface area contributed by atoms with E-state index < -0.39 is 5.97 Å². The summed E-state index contributed by atoms with van der Waals surface area (Å²) >= 11 is 0. The molecule has 2 nitrogen and oxygen atoms in total. The first-order valence-corrected chi connectivity index (χ1v) is 4.95. The van der Waals surface area contributed by atoms with Gasteiger partial charge in [0, 0.05) is 5.97 Å². The summed E-state index contributed by atoms with van der Waals surface area (Å²) < 4.78 is 0. The molecular formula is C10H17NaO2. The van der Waals surface area contributed by atoms with Crippen molar-refractivity contribution >= 4 is 5.97 Å². The van der Waals surface area contributed by atoms with Crippen molar-refractivity contribution in [2.75, 3.05) is 0 Å². The van der Waals surface area contributed by atoms with E-state index in [-0.39, 0.29) is 35.5 Å². The molecule has 0 aromatic rings. The third-order valence-electron chi connectivity index (χ3n) is 2.88. The molecule has 0 unspecified atom stereocenters. The van der Waals surface area contributed by atoms with Gasteiger partial charge in [0.15, 0.2) is 0 Å². The van der Waals surface area contributed by atoms with Crippen LogP contribution in [0.3, 0.4) is 0 Å². The van der Waals surface area contributed by atoms with Crippen LogP contribution in [-0.2, 0) is 4.79 Å². The van der Waals surface area contributed by atoms with E-state index in [4.69, 9.17) is 0 Å². The second kappa shape index (κ2) is 6.86. The second-order valence-corrected chi connectivity index (χ2v) is 3.83. The first-order valence-electron chi connectivity index (χ1n) is 4.95. The van der Waals surface area contributed by atoms with Gasteiger partial charge in [-0.05, 0) is 37.5 Å². The van der Waals surface area contributed by atoms with E-state index in [2.05, 4.69) is 6.92 Å². The van der Waals surface area contributed by atoms with Crippen molar-refractivity contribution in [1.82, 2.24) is 0 Å². The number of aliphatic carboxylic acids is 1. The molecule has 70 valence electrons. The van der Waals surface area contributed by atoms with Crippen LogP contribution in [0, 0.1) is 11.8 Å². The summed E-state index contributed by atoms with van der Waals surface area (Å²) in [6.45, 7) is 2.19. The fourth-order valence-electron chi connectivity index (χ4n) is 2.10. The molecule has 1 rings (SSSR count). The van der Waals surface area contributed by atoms with Crippen LogP contribution in [0.4, 0.5) is 0 Å². The molecular weight excluding hydrogens is 175 g/mol. The van der Waals surface area contributed by atoms with Crippen molar-refractivity contribution in [2.24, 2.45) is 11.8 Å².